The van der Waals surface area contributed by atoms with E-state index in [1.807, 2.05) is 0 Å². The number of H-pyrrole nitrogens is 1. The van der Waals surface area contributed by atoms with E-state index in [2.05, 4.69) is 36.0 Å². The van der Waals surface area contributed by atoms with Gasteiger partial charge in [-0.15, -0.1) is 5.10 Å². The van der Waals surface area contributed by atoms with Crippen LogP contribution in [0.3, 0.4) is 0 Å². The Kier molecular flexibility index (Phi) is 4.29. The van der Waals surface area contributed by atoms with Crippen LogP contribution >= 0.6 is 0 Å². The molecule has 0 saturated carbocycles. The largest absolute Gasteiger partial charge is 0.367 e. The highest BCUT2D eigenvalue weighted by Gasteiger charge is 2.23. The molecule has 0 amide bonds. The smallest absolute Gasteiger partial charge is 0.239 e. The van der Waals surface area contributed by atoms with Crippen LogP contribution in [0, 0.1) is 11.3 Å². The lowest BCUT2D eigenvalue weighted by Crippen LogP contribution is -2.24. The molecule has 92 valence electrons. The number of nitrogens with two attached hydrogens (primary N) is 2. The molecule has 5 heteroatoms. The highest BCUT2D eigenvalue weighted by atomic mass is 15.3. The highest BCUT2D eigenvalue weighted by Crippen LogP contribution is 2.31. The van der Waals surface area contributed by atoms with E-state index in [1.165, 1.54) is 0 Å². The van der Waals surface area contributed by atoms with Crippen molar-refractivity contribution in [3.63, 3.8) is 0 Å². The van der Waals surface area contributed by atoms with Gasteiger partial charge in [-0.05, 0) is 30.7 Å². The van der Waals surface area contributed by atoms with Gasteiger partial charge >= 0.3 is 0 Å². The van der Waals surface area contributed by atoms with Crippen molar-refractivity contribution in [3.8, 4) is 0 Å². The molecule has 5 N–H and O–H groups in total. The molecule has 1 atom stereocenters. The normalized spacial score (nSPS) is 14.0. The van der Waals surface area contributed by atoms with Gasteiger partial charge in [0.1, 0.15) is 5.82 Å². The summed E-state index contributed by atoms with van der Waals surface area (Å²) in [4.78, 5) is 4.10. The fraction of sp³-hybridized carbons (Fsp3) is 0.818. The summed E-state index contributed by atoms with van der Waals surface area (Å²) in [7, 11) is 0. The molecule has 1 heterocycles. The van der Waals surface area contributed by atoms with Crippen molar-refractivity contribution in [2.75, 3.05) is 12.3 Å². The summed E-state index contributed by atoms with van der Waals surface area (Å²) in [5.41, 5.74) is 11.4. The Labute approximate surface area is 97.0 Å². The SMILES string of the molecule is CC(C)(C)C(CCN)CCc1nc(N)n[nH]1. The third kappa shape index (κ3) is 3.81. The second kappa shape index (κ2) is 5.30. The monoisotopic (exact) mass is 225 g/mol. The highest BCUT2D eigenvalue weighted by molar-refractivity contribution is 5.12. The van der Waals surface area contributed by atoms with E-state index in [0.29, 0.717) is 11.9 Å². The van der Waals surface area contributed by atoms with Crippen LogP contribution < -0.4 is 11.5 Å². The Balaban J connectivity index is 2.50. The topological polar surface area (TPSA) is 93.6 Å². The van der Waals surface area contributed by atoms with E-state index in [0.717, 1.165) is 31.6 Å². The van der Waals surface area contributed by atoms with Gasteiger partial charge in [-0.25, -0.2) is 0 Å². The minimum absolute atomic E-state index is 0.283. The molecule has 1 rings (SSSR count). The summed E-state index contributed by atoms with van der Waals surface area (Å²) in [6, 6.07) is 0. The van der Waals surface area contributed by atoms with Crippen LogP contribution in [0.15, 0.2) is 0 Å². The summed E-state index contributed by atoms with van der Waals surface area (Å²) in [5, 5.41) is 6.66. The number of aromatic nitrogens is 3. The van der Waals surface area contributed by atoms with Gasteiger partial charge in [-0.3, -0.25) is 5.10 Å². The summed E-state index contributed by atoms with van der Waals surface area (Å²) < 4.78 is 0. The van der Waals surface area contributed by atoms with E-state index >= 15 is 0 Å². The summed E-state index contributed by atoms with van der Waals surface area (Å²) in [6.45, 7) is 7.49. The second-order valence-electron chi connectivity index (χ2n) is 5.32. The van der Waals surface area contributed by atoms with Crippen LogP contribution in [0.5, 0.6) is 0 Å². The quantitative estimate of drug-likeness (QED) is 0.704. The fourth-order valence-electron chi connectivity index (χ4n) is 1.94. The Bertz CT molecular complexity index is 312. The number of hydrogen-bond donors (Lipinski definition) is 3. The molecule has 0 bridgehead atoms. The first kappa shape index (κ1) is 13.0. The van der Waals surface area contributed by atoms with Gasteiger partial charge in [0.2, 0.25) is 5.95 Å². The maximum Gasteiger partial charge on any atom is 0.239 e. The zero-order valence-corrected chi connectivity index (χ0v) is 10.5. The van der Waals surface area contributed by atoms with Gasteiger partial charge in [0.25, 0.3) is 0 Å². The molecular weight excluding hydrogens is 202 g/mol. The van der Waals surface area contributed by atoms with Crippen molar-refractivity contribution < 1.29 is 0 Å². The lowest BCUT2D eigenvalue weighted by molar-refractivity contribution is 0.214. The first-order valence-corrected chi connectivity index (χ1v) is 5.80. The molecule has 0 aromatic carbocycles. The number of aromatic amines is 1. The zero-order valence-electron chi connectivity index (χ0n) is 10.5. The molecule has 0 aliphatic carbocycles. The van der Waals surface area contributed by atoms with Crippen LogP contribution in [-0.4, -0.2) is 21.7 Å². The van der Waals surface area contributed by atoms with Crippen molar-refractivity contribution in [1.29, 1.82) is 0 Å². The van der Waals surface area contributed by atoms with Crippen LogP contribution in [0.4, 0.5) is 5.95 Å². The maximum absolute atomic E-state index is 5.64. The predicted octanol–water partition coefficient (Wildman–Crippen LogP) is 1.33. The lowest BCUT2D eigenvalue weighted by Gasteiger charge is -2.30. The van der Waals surface area contributed by atoms with Crippen molar-refractivity contribution in [2.24, 2.45) is 17.1 Å². The van der Waals surface area contributed by atoms with E-state index in [9.17, 15) is 0 Å². The first-order valence-electron chi connectivity index (χ1n) is 5.80. The Hall–Kier alpha value is -1.10. The summed E-state index contributed by atoms with van der Waals surface area (Å²) >= 11 is 0. The molecule has 0 aliphatic rings. The molecule has 1 unspecified atom stereocenters. The Morgan fingerprint density at radius 2 is 2.00 bits per heavy atom. The van der Waals surface area contributed by atoms with Crippen LogP contribution in [0.1, 0.15) is 39.4 Å². The second-order valence-corrected chi connectivity index (χ2v) is 5.32. The fourth-order valence-corrected chi connectivity index (χ4v) is 1.94. The van der Waals surface area contributed by atoms with Crippen molar-refractivity contribution in [1.82, 2.24) is 15.2 Å². The van der Waals surface area contributed by atoms with Gasteiger partial charge in [-0.2, -0.15) is 4.98 Å². The number of aryl methyl sites for hydroxylation is 1. The minimum Gasteiger partial charge on any atom is -0.367 e. The van der Waals surface area contributed by atoms with E-state index in [-0.39, 0.29) is 5.41 Å². The molecule has 0 fully saturated rings. The molecule has 0 aliphatic heterocycles. The zero-order chi connectivity index (χ0) is 12.2. The van der Waals surface area contributed by atoms with Gasteiger partial charge in [0.15, 0.2) is 0 Å². The van der Waals surface area contributed by atoms with Gasteiger partial charge in [-0.1, -0.05) is 20.8 Å². The minimum atomic E-state index is 0.283. The molecule has 1 aromatic rings. The Morgan fingerprint density at radius 1 is 1.31 bits per heavy atom. The number of rotatable bonds is 5. The Morgan fingerprint density at radius 3 is 2.44 bits per heavy atom. The average Bonchev–Trinajstić information content (AvgIpc) is 2.57. The molecular formula is C11H23N5. The van der Waals surface area contributed by atoms with Gasteiger partial charge < -0.3 is 11.5 Å². The number of hydrogen-bond acceptors (Lipinski definition) is 4. The molecule has 5 nitrogen and oxygen atoms in total. The van der Waals surface area contributed by atoms with Crippen LogP contribution in [0.2, 0.25) is 0 Å². The third-order valence-electron chi connectivity index (χ3n) is 3.02. The van der Waals surface area contributed by atoms with E-state index in [1.54, 1.807) is 0 Å². The summed E-state index contributed by atoms with van der Waals surface area (Å²) in [6.07, 6.45) is 2.99. The molecule has 16 heavy (non-hydrogen) atoms. The van der Waals surface area contributed by atoms with Crippen molar-refractivity contribution >= 4 is 5.95 Å². The number of anilines is 1. The molecule has 0 saturated heterocycles. The van der Waals surface area contributed by atoms with Crippen LogP contribution in [-0.2, 0) is 6.42 Å². The lowest BCUT2D eigenvalue weighted by atomic mass is 9.76. The van der Waals surface area contributed by atoms with E-state index < -0.39 is 0 Å². The molecule has 0 radical (unpaired) electrons. The molecule has 1 aromatic heterocycles. The van der Waals surface area contributed by atoms with E-state index in [4.69, 9.17) is 11.5 Å². The standard InChI is InChI=1S/C11H23N5/c1-11(2,3)8(6-7-12)4-5-9-14-10(13)16-15-9/h8H,4-7,12H2,1-3H3,(H3,13,14,15,16). The predicted molar refractivity (Wildman–Crippen MR) is 65.7 cm³/mol. The summed E-state index contributed by atoms with van der Waals surface area (Å²) in [5.74, 6) is 1.79. The molecule has 0 spiro atoms. The number of nitrogen functional groups attached to an aromatic ring is 1. The number of nitrogens with zero attached hydrogens (tertiary/aromatic N) is 2. The van der Waals surface area contributed by atoms with Gasteiger partial charge in [0, 0.05) is 6.42 Å². The van der Waals surface area contributed by atoms with Crippen molar-refractivity contribution in [3.05, 3.63) is 5.82 Å². The van der Waals surface area contributed by atoms with Crippen LogP contribution in [0.25, 0.3) is 0 Å². The number of nitrogens with one attached hydrogen (secondary N) is 1. The maximum atomic E-state index is 5.64. The average molecular weight is 225 g/mol. The first-order chi connectivity index (χ1) is 7.43. The van der Waals surface area contributed by atoms with Crippen molar-refractivity contribution in [2.45, 2.75) is 40.0 Å². The van der Waals surface area contributed by atoms with Gasteiger partial charge in [0.05, 0.1) is 0 Å². The third-order valence-corrected chi connectivity index (χ3v) is 3.02.